The average molecular weight is 269 g/mol. The third-order valence-electron chi connectivity index (χ3n) is 1.25. The zero-order chi connectivity index (χ0) is 14.1. The highest BCUT2D eigenvalue weighted by molar-refractivity contribution is 5.69. The zero-order valence-corrected chi connectivity index (χ0v) is 11.5. The van der Waals surface area contributed by atoms with Gasteiger partial charge in [-0.15, -0.1) is 0 Å². The molecule has 0 aliphatic heterocycles. The van der Waals surface area contributed by atoms with E-state index in [2.05, 4.69) is 4.74 Å². The summed E-state index contributed by atoms with van der Waals surface area (Å²) in [5.74, 6) is -1.11. The van der Waals surface area contributed by atoms with E-state index in [4.69, 9.17) is 15.3 Å². The molecule has 0 aromatic carbocycles. The van der Waals surface area contributed by atoms with Gasteiger partial charge in [0.2, 0.25) is 0 Å². The Balaban J connectivity index is -0.000000119. The van der Waals surface area contributed by atoms with Crippen molar-refractivity contribution in [2.45, 2.75) is 39.5 Å². The van der Waals surface area contributed by atoms with Gasteiger partial charge >= 0.3 is 11.9 Å². The van der Waals surface area contributed by atoms with E-state index in [9.17, 15) is 9.59 Å². The molecule has 0 aromatic rings. The lowest BCUT2D eigenvalue weighted by molar-refractivity contribution is -0.141. The monoisotopic (exact) mass is 269 g/mol. The van der Waals surface area contributed by atoms with Gasteiger partial charge in [-0.3, -0.25) is 9.59 Å². The second-order valence-electron chi connectivity index (χ2n) is 2.81. The van der Waals surface area contributed by atoms with E-state index >= 15 is 0 Å². The van der Waals surface area contributed by atoms with Crippen LogP contribution in [0, 0.1) is 0 Å². The number of rotatable bonds is 5. The second-order valence-corrected chi connectivity index (χ2v) is 2.81. The fourth-order valence-electron chi connectivity index (χ4n) is 0.648. The Hall–Kier alpha value is -1.18. The van der Waals surface area contributed by atoms with Gasteiger partial charge in [0, 0.05) is 26.1 Å². The van der Waals surface area contributed by atoms with Gasteiger partial charge in [-0.25, -0.2) is 0 Å². The number of carbonyl (C=O) groups is 2. The largest absolute Gasteiger partial charge is 0.481 e. The van der Waals surface area contributed by atoms with Crippen molar-refractivity contribution >= 4 is 11.9 Å². The number of hydrogen-bond donors (Lipinski definition) is 4. The summed E-state index contributed by atoms with van der Waals surface area (Å²) in [6.07, 6.45) is 1.55. The van der Waals surface area contributed by atoms with E-state index in [0.29, 0.717) is 19.3 Å². The maximum Gasteiger partial charge on any atom is 0.305 e. The minimum atomic E-state index is -0.824. The van der Waals surface area contributed by atoms with Crippen LogP contribution >= 0.6 is 0 Å². The molecule has 0 saturated heterocycles. The number of aliphatic carboxylic acids is 1. The molecule has 0 aromatic heterocycles. The molecular formula is C11H27NO6. The van der Waals surface area contributed by atoms with Crippen LogP contribution in [-0.2, 0) is 14.3 Å². The lowest BCUT2D eigenvalue weighted by atomic mass is 10.2. The van der Waals surface area contributed by atoms with Crippen LogP contribution in [-0.4, -0.2) is 47.6 Å². The number of carbonyl (C=O) groups excluding carboxylic acids is 1. The van der Waals surface area contributed by atoms with Crippen molar-refractivity contribution in [2.24, 2.45) is 0 Å². The Bertz CT molecular complexity index is 173. The standard InChI is InChI=1S/C7H12O4.2C2H6O.H3N/c1-11-7(10)5-3-2-4-6(8)9;2*1-2-3;/h2-5H2,1H3,(H,8,9);2*3H,2H2,1H3;1H3. The highest BCUT2D eigenvalue weighted by atomic mass is 16.5. The lowest BCUT2D eigenvalue weighted by Gasteiger charge is -1.96. The van der Waals surface area contributed by atoms with Crippen molar-refractivity contribution in [1.29, 1.82) is 0 Å². The van der Waals surface area contributed by atoms with Crippen molar-refractivity contribution < 1.29 is 29.6 Å². The van der Waals surface area contributed by atoms with Crippen molar-refractivity contribution in [1.82, 2.24) is 6.15 Å². The molecular weight excluding hydrogens is 242 g/mol. The smallest absolute Gasteiger partial charge is 0.305 e. The molecule has 0 radical (unpaired) electrons. The first kappa shape index (κ1) is 25.6. The summed E-state index contributed by atoms with van der Waals surface area (Å²) in [7, 11) is 1.32. The summed E-state index contributed by atoms with van der Waals surface area (Å²) >= 11 is 0. The van der Waals surface area contributed by atoms with Crippen LogP contribution < -0.4 is 6.15 Å². The fraction of sp³-hybridized carbons (Fsp3) is 0.818. The summed E-state index contributed by atoms with van der Waals surface area (Å²) in [6, 6.07) is 0. The van der Waals surface area contributed by atoms with Crippen LogP contribution in [0.2, 0.25) is 0 Å². The van der Waals surface area contributed by atoms with Crippen LogP contribution in [0.1, 0.15) is 39.5 Å². The summed E-state index contributed by atoms with van der Waals surface area (Å²) in [6.45, 7) is 3.86. The van der Waals surface area contributed by atoms with Gasteiger partial charge in [0.25, 0.3) is 0 Å². The Morgan fingerprint density at radius 2 is 1.33 bits per heavy atom. The molecule has 0 aliphatic rings. The molecule has 0 unspecified atom stereocenters. The van der Waals surface area contributed by atoms with E-state index in [-0.39, 0.29) is 31.8 Å². The number of aliphatic hydroxyl groups excluding tert-OH is 2. The summed E-state index contributed by atoms with van der Waals surface area (Å²) in [5.41, 5.74) is 0. The minimum absolute atomic E-state index is 0. The van der Waals surface area contributed by atoms with Crippen LogP contribution in [0.25, 0.3) is 0 Å². The number of hydrogen-bond acceptors (Lipinski definition) is 6. The first-order chi connectivity index (χ1) is 7.99. The summed E-state index contributed by atoms with van der Waals surface area (Å²) in [4.78, 5) is 20.5. The quantitative estimate of drug-likeness (QED) is 0.430. The third-order valence-corrected chi connectivity index (χ3v) is 1.25. The molecule has 18 heavy (non-hydrogen) atoms. The topological polar surface area (TPSA) is 139 Å². The molecule has 112 valence electrons. The zero-order valence-electron chi connectivity index (χ0n) is 11.5. The van der Waals surface area contributed by atoms with E-state index < -0.39 is 5.97 Å². The maximum atomic E-state index is 10.5. The van der Waals surface area contributed by atoms with Crippen LogP contribution in [0.15, 0.2) is 0 Å². The van der Waals surface area contributed by atoms with Crippen LogP contribution in [0.5, 0.6) is 0 Å². The van der Waals surface area contributed by atoms with Gasteiger partial charge in [-0.05, 0) is 26.7 Å². The van der Waals surface area contributed by atoms with Crippen LogP contribution in [0.3, 0.4) is 0 Å². The van der Waals surface area contributed by atoms with Gasteiger partial charge in [-0.2, -0.15) is 0 Å². The van der Waals surface area contributed by atoms with Gasteiger partial charge in [0.05, 0.1) is 7.11 Å². The number of aliphatic hydroxyl groups is 2. The van der Waals surface area contributed by atoms with Gasteiger partial charge < -0.3 is 26.2 Å². The molecule has 0 amide bonds. The molecule has 6 N–H and O–H groups in total. The highest BCUT2D eigenvalue weighted by Crippen LogP contribution is 2.00. The van der Waals surface area contributed by atoms with Crippen molar-refractivity contribution in [2.75, 3.05) is 20.3 Å². The first-order valence-electron chi connectivity index (χ1n) is 5.50. The molecule has 7 heteroatoms. The van der Waals surface area contributed by atoms with E-state index in [0.717, 1.165) is 0 Å². The van der Waals surface area contributed by atoms with Gasteiger partial charge in [0.15, 0.2) is 0 Å². The molecule has 0 atom stereocenters. The SMILES string of the molecule is CCO.CCO.COC(=O)CCCCC(=O)O.N. The number of unbranched alkanes of at least 4 members (excludes halogenated alkanes) is 1. The number of ether oxygens (including phenoxy) is 1. The Morgan fingerprint density at radius 1 is 1.00 bits per heavy atom. The fourth-order valence-corrected chi connectivity index (χ4v) is 0.648. The third kappa shape index (κ3) is 46.3. The second kappa shape index (κ2) is 24.9. The molecule has 0 spiro atoms. The maximum absolute atomic E-state index is 10.5. The van der Waals surface area contributed by atoms with Gasteiger partial charge in [-0.1, -0.05) is 0 Å². The molecule has 7 nitrogen and oxygen atoms in total. The highest BCUT2D eigenvalue weighted by Gasteiger charge is 2.01. The van der Waals surface area contributed by atoms with Crippen molar-refractivity contribution in [3.05, 3.63) is 0 Å². The molecule has 0 saturated carbocycles. The normalized spacial score (nSPS) is 7.61. The summed E-state index contributed by atoms with van der Waals surface area (Å²) in [5, 5.41) is 23.4. The molecule has 0 fully saturated rings. The Morgan fingerprint density at radius 3 is 1.61 bits per heavy atom. The number of carboxylic acids is 1. The van der Waals surface area contributed by atoms with Crippen molar-refractivity contribution in [3.63, 3.8) is 0 Å². The predicted molar refractivity (Wildman–Crippen MR) is 68.7 cm³/mol. The molecule has 0 heterocycles. The van der Waals surface area contributed by atoms with Crippen LogP contribution in [0.4, 0.5) is 0 Å². The molecule has 0 rings (SSSR count). The molecule has 0 bridgehead atoms. The minimum Gasteiger partial charge on any atom is -0.481 e. The van der Waals surface area contributed by atoms with E-state index in [1.165, 1.54) is 7.11 Å². The number of carboxylic acid groups (broad SMARTS) is 1. The lowest BCUT2D eigenvalue weighted by Crippen LogP contribution is -2.00. The predicted octanol–water partition coefficient (Wildman–Crippen LogP) is 0.964. The number of esters is 1. The summed E-state index contributed by atoms with van der Waals surface area (Å²) < 4.78 is 4.37. The molecule has 0 aliphatic carbocycles. The van der Waals surface area contributed by atoms with E-state index in [1.54, 1.807) is 13.8 Å². The van der Waals surface area contributed by atoms with E-state index in [1.807, 2.05) is 0 Å². The average Bonchev–Trinajstić information content (AvgIpc) is 2.26. The Labute approximate surface area is 108 Å². The van der Waals surface area contributed by atoms with Crippen molar-refractivity contribution in [3.8, 4) is 0 Å². The number of methoxy groups -OCH3 is 1. The Kier molecular flexibility index (Phi) is 35.4. The van der Waals surface area contributed by atoms with Gasteiger partial charge in [0.1, 0.15) is 0 Å². The first-order valence-corrected chi connectivity index (χ1v) is 5.50.